The molecule has 0 spiro atoms. The largest absolute Gasteiger partial charge is 0.495 e. The van der Waals surface area contributed by atoms with E-state index in [2.05, 4.69) is 38.7 Å². The van der Waals surface area contributed by atoms with Crippen LogP contribution in [0.1, 0.15) is 65.0 Å². The summed E-state index contributed by atoms with van der Waals surface area (Å²) in [5, 5.41) is 10.6. The third-order valence-corrected chi connectivity index (χ3v) is 5.99. The van der Waals surface area contributed by atoms with Gasteiger partial charge in [0.2, 0.25) is 0 Å². The third kappa shape index (κ3) is 4.66. The van der Waals surface area contributed by atoms with Gasteiger partial charge in [-0.15, -0.1) is 0 Å². The van der Waals surface area contributed by atoms with Crippen LogP contribution < -0.4 is 0 Å². The van der Waals surface area contributed by atoms with Gasteiger partial charge in [0, 0.05) is 30.6 Å². The van der Waals surface area contributed by atoms with Crippen molar-refractivity contribution in [1.29, 1.82) is 0 Å². The Hall–Kier alpha value is -1.65. The van der Waals surface area contributed by atoms with Crippen molar-refractivity contribution in [2.75, 3.05) is 6.61 Å². The second-order valence-electron chi connectivity index (χ2n) is 9.52. The molecule has 0 aromatic heterocycles. The van der Waals surface area contributed by atoms with E-state index < -0.39 is 5.60 Å². The Kier molecular flexibility index (Phi) is 6.02. The summed E-state index contributed by atoms with van der Waals surface area (Å²) in [5.74, 6) is 0.997. The number of ether oxygens (including phenoxy) is 1. The van der Waals surface area contributed by atoms with Crippen LogP contribution >= 0.6 is 0 Å². The van der Waals surface area contributed by atoms with Gasteiger partial charge in [-0.1, -0.05) is 32.1 Å². The molecule has 1 aromatic rings. The first-order valence-electron chi connectivity index (χ1n) is 10.4. The van der Waals surface area contributed by atoms with Crippen LogP contribution in [0.25, 0.3) is 0 Å². The number of benzene rings is 1. The lowest BCUT2D eigenvalue weighted by Gasteiger charge is -2.36. The molecule has 0 saturated heterocycles. The summed E-state index contributed by atoms with van der Waals surface area (Å²) < 4.78 is 20.0. The molecule has 1 heterocycles. The number of fused-ring (bicyclic) bond motifs is 1. The molecule has 28 heavy (non-hydrogen) atoms. The summed E-state index contributed by atoms with van der Waals surface area (Å²) in [6.07, 6.45) is 6.58. The fourth-order valence-corrected chi connectivity index (χ4v) is 3.86. The molecule has 1 N–H and O–H groups in total. The molecule has 1 atom stereocenters. The molecule has 0 fully saturated rings. The summed E-state index contributed by atoms with van der Waals surface area (Å²) in [6.45, 7) is 12.6. The fraction of sp³-hybridized carbons (Fsp3) is 0.583. The number of hydrogen-bond acceptors (Lipinski definition) is 3. The van der Waals surface area contributed by atoms with Crippen molar-refractivity contribution in [1.82, 2.24) is 4.90 Å². The zero-order valence-corrected chi connectivity index (χ0v) is 17.9. The van der Waals surface area contributed by atoms with E-state index in [1.54, 1.807) is 12.1 Å². The van der Waals surface area contributed by atoms with Gasteiger partial charge in [0.15, 0.2) is 0 Å². The zero-order chi connectivity index (χ0) is 20.5. The van der Waals surface area contributed by atoms with Crippen molar-refractivity contribution in [3.05, 3.63) is 58.6 Å². The number of rotatable bonds is 7. The summed E-state index contributed by atoms with van der Waals surface area (Å²) in [6, 6.07) is 5.38. The molecule has 3 nitrogen and oxygen atoms in total. The molecule has 0 saturated carbocycles. The van der Waals surface area contributed by atoms with Gasteiger partial charge in [0.05, 0.1) is 6.61 Å². The summed E-state index contributed by atoms with van der Waals surface area (Å²) in [7, 11) is 0. The van der Waals surface area contributed by atoms with Crippen LogP contribution in [0.4, 0.5) is 4.39 Å². The molecule has 0 radical (unpaired) electrons. The van der Waals surface area contributed by atoms with Gasteiger partial charge in [-0.05, 0) is 62.8 Å². The monoisotopic (exact) mass is 387 g/mol. The minimum absolute atomic E-state index is 0.0426. The highest BCUT2D eigenvalue weighted by atomic mass is 19.1. The topological polar surface area (TPSA) is 32.7 Å². The first-order valence-corrected chi connectivity index (χ1v) is 10.4. The van der Waals surface area contributed by atoms with Gasteiger partial charge in [0.1, 0.15) is 17.2 Å². The molecule has 1 unspecified atom stereocenters. The standard InChI is InChI=1S/C24H34FNO2/c1-17(2)16-28-22-13-18(10-12-24(22,5)27)9-11-23(3,4)26-14-19-7-6-8-21(25)20(19)15-26/h6-8,10,13,17,27H,9,11-12,14-16H2,1-5H3. The van der Waals surface area contributed by atoms with E-state index in [-0.39, 0.29) is 11.4 Å². The Balaban J connectivity index is 1.63. The molecule has 2 aliphatic rings. The number of aliphatic hydroxyl groups is 1. The van der Waals surface area contributed by atoms with Crippen LogP contribution in [0.2, 0.25) is 0 Å². The normalized spacial score (nSPS) is 22.9. The second kappa shape index (κ2) is 8.00. The van der Waals surface area contributed by atoms with Crippen LogP contribution in [0.5, 0.6) is 0 Å². The van der Waals surface area contributed by atoms with Crippen molar-refractivity contribution < 1.29 is 14.2 Å². The number of halogens is 1. The highest BCUT2D eigenvalue weighted by molar-refractivity contribution is 5.33. The van der Waals surface area contributed by atoms with Gasteiger partial charge in [0.25, 0.3) is 0 Å². The van der Waals surface area contributed by atoms with E-state index in [0.717, 1.165) is 30.5 Å². The number of hydrogen-bond donors (Lipinski definition) is 1. The Bertz CT molecular complexity index is 777. The smallest absolute Gasteiger partial charge is 0.128 e. The maximum atomic E-state index is 14.1. The third-order valence-electron chi connectivity index (χ3n) is 5.99. The van der Waals surface area contributed by atoms with E-state index in [4.69, 9.17) is 4.74 Å². The van der Waals surface area contributed by atoms with Crippen molar-refractivity contribution in [3.8, 4) is 0 Å². The quantitative estimate of drug-likeness (QED) is 0.686. The van der Waals surface area contributed by atoms with Crippen LogP contribution in [0.15, 0.2) is 41.7 Å². The lowest BCUT2D eigenvalue weighted by Crippen LogP contribution is -2.40. The van der Waals surface area contributed by atoms with Gasteiger partial charge in [-0.2, -0.15) is 0 Å². The Morgan fingerprint density at radius 1 is 1.29 bits per heavy atom. The maximum absolute atomic E-state index is 14.1. The molecule has 3 rings (SSSR count). The van der Waals surface area contributed by atoms with E-state index in [0.29, 0.717) is 31.2 Å². The van der Waals surface area contributed by atoms with E-state index >= 15 is 0 Å². The second-order valence-corrected chi connectivity index (χ2v) is 9.52. The van der Waals surface area contributed by atoms with Crippen molar-refractivity contribution in [2.24, 2.45) is 5.92 Å². The summed E-state index contributed by atoms with van der Waals surface area (Å²) in [5.41, 5.74) is 2.18. The molecule has 0 bridgehead atoms. The number of allylic oxidation sites excluding steroid dienone is 2. The number of nitrogens with zero attached hydrogens (tertiary/aromatic N) is 1. The molecule has 4 heteroatoms. The van der Waals surface area contributed by atoms with Gasteiger partial charge in [-0.3, -0.25) is 4.90 Å². The lowest BCUT2D eigenvalue weighted by molar-refractivity contribution is 0.0183. The average molecular weight is 388 g/mol. The maximum Gasteiger partial charge on any atom is 0.128 e. The SMILES string of the molecule is CC(C)COC1=CC(CCC(C)(C)N2Cc3cccc(F)c3C2)=CCC1(C)O. The average Bonchev–Trinajstić information content (AvgIpc) is 3.06. The van der Waals surface area contributed by atoms with E-state index in [1.807, 2.05) is 19.1 Å². The molecule has 0 amide bonds. The lowest BCUT2D eigenvalue weighted by atomic mass is 9.87. The van der Waals surface area contributed by atoms with Gasteiger partial charge in [-0.25, -0.2) is 4.39 Å². The fourth-order valence-electron chi connectivity index (χ4n) is 3.86. The summed E-state index contributed by atoms with van der Waals surface area (Å²) >= 11 is 0. The van der Waals surface area contributed by atoms with Crippen molar-refractivity contribution in [2.45, 2.75) is 78.1 Å². The Morgan fingerprint density at radius 3 is 2.71 bits per heavy atom. The highest BCUT2D eigenvalue weighted by Gasteiger charge is 2.34. The Morgan fingerprint density at radius 2 is 2.04 bits per heavy atom. The van der Waals surface area contributed by atoms with Crippen LogP contribution in [-0.2, 0) is 17.8 Å². The molecule has 1 aliphatic heterocycles. The summed E-state index contributed by atoms with van der Waals surface area (Å²) in [4.78, 5) is 2.36. The minimum atomic E-state index is -0.929. The molecular formula is C24H34FNO2. The van der Waals surface area contributed by atoms with E-state index in [9.17, 15) is 9.50 Å². The van der Waals surface area contributed by atoms with Gasteiger partial charge >= 0.3 is 0 Å². The predicted molar refractivity (Wildman–Crippen MR) is 111 cm³/mol. The van der Waals surface area contributed by atoms with E-state index in [1.165, 1.54) is 5.57 Å². The molecule has 154 valence electrons. The molecular weight excluding hydrogens is 353 g/mol. The first-order chi connectivity index (χ1) is 13.1. The van der Waals surface area contributed by atoms with Crippen LogP contribution in [-0.4, -0.2) is 27.8 Å². The minimum Gasteiger partial charge on any atom is -0.495 e. The van der Waals surface area contributed by atoms with Crippen molar-refractivity contribution >= 4 is 0 Å². The zero-order valence-electron chi connectivity index (χ0n) is 17.9. The Labute approximate surface area is 168 Å². The van der Waals surface area contributed by atoms with Crippen LogP contribution in [0.3, 0.4) is 0 Å². The van der Waals surface area contributed by atoms with Crippen LogP contribution in [0, 0.1) is 11.7 Å². The molecule has 1 aliphatic carbocycles. The van der Waals surface area contributed by atoms with Gasteiger partial charge < -0.3 is 9.84 Å². The highest BCUT2D eigenvalue weighted by Crippen LogP contribution is 2.36. The molecule has 1 aromatic carbocycles. The predicted octanol–water partition coefficient (Wildman–Crippen LogP) is 5.34. The van der Waals surface area contributed by atoms with Crippen molar-refractivity contribution in [3.63, 3.8) is 0 Å². The first kappa shape index (κ1) is 21.1.